The van der Waals surface area contributed by atoms with Gasteiger partial charge in [-0.05, 0) is 49.4 Å². The number of carbonyl (C=O) groups excluding carboxylic acids is 2. The van der Waals surface area contributed by atoms with Crippen LogP contribution in [0.15, 0.2) is 47.4 Å². The summed E-state index contributed by atoms with van der Waals surface area (Å²) in [5, 5.41) is 3.00. The molecule has 1 saturated heterocycles. The van der Waals surface area contributed by atoms with Crippen LogP contribution in [0.5, 0.6) is 0 Å². The number of piperazine rings is 1. The standard InChI is InChI=1S/C22H27ClN4O4S/c1-16(28)17-4-6-18(7-5-17)27-12-10-26(11-13-27)15-22(29)24-21-14-19(8-9-20(21)23)32(30,31)25(2)3/h4-9,14H,10-13,15H2,1-3H3,(H,24,29). The summed E-state index contributed by atoms with van der Waals surface area (Å²) >= 11 is 6.17. The summed E-state index contributed by atoms with van der Waals surface area (Å²) in [6, 6.07) is 11.8. The number of rotatable bonds is 7. The Balaban J connectivity index is 1.57. The molecule has 8 nitrogen and oxygen atoms in total. The molecule has 0 unspecified atom stereocenters. The molecule has 0 saturated carbocycles. The second-order valence-electron chi connectivity index (χ2n) is 7.84. The summed E-state index contributed by atoms with van der Waals surface area (Å²) in [4.78, 5) is 28.3. The number of hydrogen-bond donors (Lipinski definition) is 1. The number of benzene rings is 2. The van der Waals surface area contributed by atoms with Crippen LogP contribution >= 0.6 is 11.6 Å². The number of carbonyl (C=O) groups is 2. The maximum atomic E-state index is 12.6. The number of anilines is 2. The Hall–Kier alpha value is -2.46. The first-order valence-corrected chi connectivity index (χ1v) is 12.0. The van der Waals surface area contributed by atoms with E-state index < -0.39 is 10.0 Å². The number of amides is 1. The van der Waals surface area contributed by atoms with E-state index in [0.717, 1.165) is 23.1 Å². The highest BCUT2D eigenvalue weighted by Gasteiger charge is 2.22. The van der Waals surface area contributed by atoms with Crippen molar-refractivity contribution in [3.8, 4) is 0 Å². The van der Waals surface area contributed by atoms with Gasteiger partial charge < -0.3 is 10.2 Å². The number of nitrogens with zero attached hydrogens (tertiary/aromatic N) is 3. The molecule has 3 rings (SSSR count). The van der Waals surface area contributed by atoms with Gasteiger partial charge in [0.1, 0.15) is 0 Å². The lowest BCUT2D eigenvalue weighted by Crippen LogP contribution is -2.48. The van der Waals surface area contributed by atoms with Gasteiger partial charge in [-0.25, -0.2) is 12.7 Å². The van der Waals surface area contributed by atoms with Crippen LogP contribution in [-0.2, 0) is 14.8 Å². The Labute approximate surface area is 193 Å². The van der Waals surface area contributed by atoms with E-state index in [4.69, 9.17) is 11.6 Å². The molecule has 1 N–H and O–H groups in total. The Morgan fingerprint density at radius 2 is 1.66 bits per heavy atom. The second-order valence-corrected chi connectivity index (χ2v) is 10.4. The van der Waals surface area contributed by atoms with Crippen LogP contribution < -0.4 is 10.2 Å². The number of Topliss-reactive ketones (excluding diaryl/α,β-unsaturated/α-hetero) is 1. The van der Waals surface area contributed by atoms with Crippen molar-refractivity contribution >= 4 is 44.7 Å². The van der Waals surface area contributed by atoms with Gasteiger partial charge in [0.05, 0.1) is 22.2 Å². The minimum atomic E-state index is -3.63. The second kappa shape index (κ2) is 9.99. The molecule has 32 heavy (non-hydrogen) atoms. The van der Waals surface area contributed by atoms with E-state index in [2.05, 4.69) is 10.2 Å². The molecule has 0 aromatic heterocycles. The maximum absolute atomic E-state index is 12.6. The van der Waals surface area contributed by atoms with Crippen LogP contribution in [0.25, 0.3) is 0 Å². The van der Waals surface area contributed by atoms with Gasteiger partial charge in [0, 0.05) is 51.5 Å². The number of sulfonamides is 1. The number of nitrogens with one attached hydrogen (secondary N) is 1. The molecule has 0 bridgehead atoms. The Morgan fingerprint density at radius 1 is 1.03 bits per heavy atom. The van der Waals surface area contributed by atoms with Gasteiger partial charge in [0.25, 0.3) is 0 Å². The predicted octanol–water partition coefficient (Wildman–Crippen LogP) is 2.55. The molecular weight excluding hydrogens is 452 g/mol. The molecule has 172 valence electrons. The molecule has 0 spiro atoms. The Kier molecular flexibility index (Phi) is 7.55. The normalized spacial score (nSPS) is 15.1. The van der Waals surface area contributed by atoms with E-state index in [-0.39, 0.29) is 33.8 Å². The molecule has 0 atom stereocenters. The van der Waals surface area contributed by atoms with Crippen LogP contribution in [0.2, 0.25) is 5.02 Å². The van der Waals surface area contributed by atoms with Crippen molar-refractivity contribution < 1.29 is 18.0 Å². The van der Waals surface area contributed by atoms with E-state index in [9.17, 15) is 18.0 Å². The Bertz CT molecular complexity index is 1100. The lowest BCUT2D eigenvalue weighted by molar-refractivity contribution is -0.117. The monoisotopic (exact) mass is 478 g/mol. The zero-order chi connectivity index (χ0) is 23.5. The van der Waals surface area contributed by atoms with E-state index >= 15 is 0 Å². The minimum absolute atomic E-state index is 0.0392. The molecule has 1 amide bonds. The van der Waals surface area contributed by atoms with Gasteiger partial charge in [-0.1, -0.05) is 11.6 Å². The summed E-state index contributed by atoms with van der Waals surface area (Å²) in [6.45, 7) is 4.63. The molecule has 10 heteroatoms. The third-order valence-electron chi connectivity index (χ3n) is 5.37. The van der Waals surface area contributed by atoms with Crippen LogP contribution in [0.3, 0.4) is 0 Å². The lowest BCUT2D eigenvalue weighted by atomic mass is 10.1. The van der Waals surface area contributed by atoms with Gasteiger partial charge >= 0.3 is 0 Å². The van der Waals surface area contributed by atoms with Gasteiger partial charge in [0.15, 0.2) is 5.78 Å². The molecule has 1 aliphatic rings. The van der Waals surface area contributed by atoms with Crippen LogP contribution in [0.4, 0.5) is 11.4 Å². The molecule has 1 heterocycles. The fraction of sp³-hybridized carbons (Fsp3) is 0.364. The summed E-state index contributed by atoms with van der Waals surface area (Å²) < 4.78 is 25.8. The Morgan fingerprint density at radius 3 is 2.22 bits per heavy atom. The topological polar surface area (TPSA) is 90.0 Å². The molecule has 1 aliphatic heterocycles. The zero-order valence-electron chi connectivity index (χ0n) is 18.3. The highest BCUT2D eigenvalue weighted by atomic mass is 35.5. The lowest BCUT2D eigenvalue weighted by Gasteiger charge is -2.35. The van der Waals surface area contributed by atoms with Crippen molar-refractivity contribution in [3.63, 3.8) is 0 Å². The predicted molar refractivity (Wildman–Crippen MR) is 126 cm³/mol. The van der Waals surface area contributed by atoms with E-state index in [1.807, 2.05) is 29.2 Å². The molecular formula is C22H27ClN4O4S. The highest BCUT2D eigenvalue weighted by molar-refractivity contribution is 7.89. The number of ketones is 1. The maximum Gasteiger partial charge on any atom is 0.242 e. The summed E-state index contributed by atoms with van der Waals surface area (Å²) in [7, 11) is -0.743. The van der Waals surface area contributed by atoms with Crippen molar-refractivity contribution in [2.45, 2.75) is 11.8 Å². The van der Waals surface area contributed by atoms with Crippen LogP contribution in [0.1, 0.15) is 17.3 Å². The third kappa shape index (κ3) is 5.66. The molecule has 2 aromatic carbocycles. The largest absolute Gasteiger partial charge is 0.369 e. The van der Waals surface area contributed by atoms with Gasteiger partial charge in [-0.2, -0.15) is 0 Å². The summed E-state index contributed by atoms with van der Waals surface area (Å²) in [6.07, 6.45) is 0. The van der Waals surface area contributed by atoms with Crippen LogP contribution in [-0.4, -0.2) is 76.1 Å². The average Bonchev–Trinajstić information content (AvgIpc) is 2.75. The summed E-state index contributed by atoms with van der Waals surface area (Å²) in [5.41, 5.74) is 2.00. The van der Waals surface area contributed by atoms with E-state index in [1.165, 1.54) is 32.3 Å². The molecule has 1 fully saturated rings. The molecule has 0 aliphatic carbocycles. The number of hydrogen-bond acceptors (Lipinski definition) is 6. The van der Waals surface area contributed by atoms with E-state index in [1.54, 1.807) is 6.92 Å². The molecule has 2 aromatic rings. The van der Waals surface area contributed by atoms with Crippen molar-refractivity contribution in [2.75, 3.05) is 57.0 Å². The quantitative estimate of drug-likeness (QED) is 0.615. The minimum Gasteiger partial charge on any atom is -0.369 e. The smallest absolute Gasteiger partial charge is 0.242 e. The first-order valence-electron chi connectivity index (χ1n) is 10.2. The van der Waals surface area contributed by atoms with Gasteiger partial charge in [-0.3, -0.25) is 14.5 Å². The van der Waals surface area contributed by atoms with Crippen molar-refractivity contribution in [3.05, 3.63) is 53.1 Å². The average molecular weight is 479 g/mol. The molecule has 0 radical (unpaired) electrons. The zero-order valence-corrected chi connectivity index (χ0v) is 19.9. The fourth-order valence-corrected chi connectivity index (χ4v) is 4.53. The van der Waals surface area contributed by atoms with Crippen molar-refractivity contribution in [2.24, 2.45) is 0 Å². The third-order valence-corrected chi connectivity index (χ3v) is 7.51. The fourth-order valence-electron chi connectivity index (χ4n) is 3.44. The van der Waals surface area contributed by atoms with E-state index in [0.29, 0.717) is 18.7 Å². The summed E-state index contributed by atoms with van der Waals surface area (Å²) in [5.74, 6) is -0.220. The van der Waals surface area contributed by atoms with Crippen molar-refractivity contribution in [1.29, 1.82) is 0 Å². The first-order chi connectivity index (χ1) is 15.1. The first kappa shape index (κ1) is 24.2. The SMILES string of the molecule is CC(=O)c1ccc(N2CCN(CC(=O)Nc3cc(S(=O)(=O)N(C)C)ccc3Cl)CC2)cc1. The van der Waals surface area contributed by atoms with Crippen LogP contribution in [0, 0.1) is 0 Å². The van der Waals surface area contributed by atoms with Gasteiger partial charge in [0.2, 0.25) is 15.9 Å². The number of halogens is 1. The highest BCUT2D eigenvalue weighted by Crippen LogP contribution is 2.26. The van der Waals surface area contributed by atoms with Crippen molar-refractivity contribution in [1.82, 2.24) is 9.21 Å². The van der Waals surface area contributed by atoms with Gasteiger partial charge in [-0.15, -0.1) is 0 Å².